The van der Waals surface area contributed by atoms with Gasteiger partial charge in [-0.15, -0.1) is 0 Å². The van der Waals surface area contributed by atoms with Crippen molar-refractivity contribution in [1.82, 2.24) is 29.7 Å². The molecule has 38 heavy (non-hydrogen) atoms. The number of rotatable bonds is 9. The summed E-state index contributed by atoms with van der Waals surface area (Å²) < 4.78 is 14.4. The van der Waals surface area contributed by atoms with E-state index >= 15 is 0 Å². The number of halogens is 2. The third-order valence-corrected chi connectivity index (χ3v) is 7.64. The molecule has 2 fully saturated rings. The van der Waals surface area contributed by atoms with E-state index in [0.29, 0.717) is 40.4 Å². The van der Waals surface area contributed by atoms with Crippen molar-refractivity contribution in [3.05, 3.63) is 64.5 Å². The van der Waals surface area contributed by atoms with Gasteiger partial charge in [-0.2, -0.15) is 0 Å². The number of hydrogen-bond acceptors (Lipinski definition) is 7. The van der Waals surface area contributed by atoms with Gasteiger partial charge < -0.3 is 19.4 Å². The second-order valence-corrected chi connectivity index (χ2v) is 10.9. The lowest BCUT2D eigenvalue weighted by molar-refractivity contribution is 0.191. The molecule has 6 rings (SSSR count). The minimum atomic E-state index is -0.179. The molecule has 0 spiro atoms. The van der Waals surface area contributed by atoms with E-state index in [1.54, 1.807) is 18.5 Å². The Morgan fingerprint density at radius 1 is 1.03 bits per heavy atom. The second-order valence-electron chi connectivity index (χ2n) is 10.1. The first kappa shape index (κ1) is 25.4. The van der Waals surface area contributed by atoms with Crippen molar-refractivity contribution in [2.45, 2.75) is 31.9 Å². The van der Waals surface area contributed by atoms with E-state index in [1.807, 2.05) is 30.3 Å². The maximum absolute atomic E-state index is 6.84. The SMILES string of the molecule is CC1(Oc2nccc3c2nc(-c2ccc(OCCN4CCNCC4)cc2Cl)n3Cc2cc(Cl)ccn2)CC1. The van der Waals surface area contributed by atoms with Gasteiger partial charge in [-0.05, 0) is 56.2 Å². The third kappa shape index (κ3) is 5.59. The van der Waals surface area contributed by atoms with Gasteiger partial charge in [-0.25, -0.2) is 9.97 Å². The summed E-state index contributed by atoms with van der Waals surface area (Å²) in [6.07, 6.45) is 5.48. The zero-order chi connectivity index (χ0) is 26.1. The zero-order valence-corrected chi connectivity index (χ0v) is 22.8. The average molecular weight is 553 g/mol. The van der Waals surface area contributed by atoms with E-state index in [0.717, 1.165) is 68.1 Å². The summed E-state index contributed by atoms with van der Waals surface area (Å²) in [6, 6.07) is 11.3. The van der Waals surface area contributed by atoms with Crippen molar-refractivity contribution >= 4 is 34.2 Å². The van der Waals surface area contributed by atoms with Crippen LogP contribution in [0.25, 0.3) is 22.4 Å². The quantitative estimate of drug-likeness (QED) is 0.310. The van der Waals surface area contributed by atoms with Crippen LogP contribution in [0.2, 0.25) is 10.0 Å². The lowest BCUT2D eigenvalue weighted by atomic mass is 10.2. The fourth-order valence-electron chi connectivity index (χ4n) is 4.67. The number of nitrogens with one attached hydrogen (secondary N) is 1. The second kappa shape index (κ2) is 10.7. The standard InChI is InChI=1S/C28H30Cl2N6O2/c1-28(6-7-28)38-27-25-24(5-9-33-27)36(18-20-16-19(29)4-8-32-20)26(34-25)22-3-2-21(17-23(22)30)37-15-14-35-12-10-31-11-13-35/h2-5,8-9,16-17,31H,6-7,10-15,18H2,1H3. The van der Waals surface area contributed by atoms with Gasteiger partial charge in [0.05, 0.1) is 22.8 Å². The topological polar surface area (TPSA) is 77.3 Å². The van der Waals surface area contributed by atoms with Gasteiger partial charge in [0.15, 0.2) is 5.52 Å². The summed E-state index contributed by atoms with van der Waals surface area (Å²) >= 11 is 13.1. The van der Waals surface area contributed by atoms with Crippen LogP contribution in [0.4, 0.5) is 0 Å². The van der Waals surface area contributed by atoms with Crippen LogP contribution >= 0.6 is 23.2 Å². The predicted octanol–water partition coefficient (Wildman–Crippen LogP) is 5.06. The number of pyridine rings is 2. The monoisotopic (exact) mass is 552 g/mol. The lowest BCUT2D eigenvalue weighted by Crippen LogP contribution is -2.44. The minimum absolute atomic E-state index is 0.179. The van der Waals surface area contributed by atoms with Crippen LogP contribution < -0.4 is 14.8 Å². The number of imidazole rings is 1. The molecule has 0 bridgehead atoms. The van der Waals surface area contributed by atoms with Gasteiger partial charge >= 0.3 is 0 Å². The van der Waals surface area contributed by atoms with Crippen LogP contribution in [0.15, 0.2) is 48.8 Å². The maximum Gasteiger partial charge on any atom is 0.242 e. The van der Waals surface area contributed by atoms with Gasteiger partial charge in [-0.3, -0.25) is 9.88 Å². The molecule has 1 N–H and O–H groups in total. The lowest BCUT2D eigenvalue weighted by Gasteiger charge is -2.26. The number of piperazine rings is 1. The van der Waals surface area contributed by atoms with Crippen LogP contribution in [-0.4, -0.2) is 69.4 Å². The van der Waals surface area contributed by atoms with Gasteiger partial charge in [0.2, 0.25) is 5.88 Å². The molecule has 10 heteroatoms. The molecule has 1 saturated heterocycles. The molecule has 0 amide bonds. The Morgan fingerprint density at radius 3 is 2.61 bits per heavy atom. The molecule has 2 aliphatic rings. The number of fused-ring (bicyclic) bond motifs is 1. The summed E-state index contributed by atoms with van der Waals surface area (Å²) in [7, 11) is 0. The normalized spacial score (nSPS) is 17.0. The Hall–Kier alpha value is -2.91. The smallest absolute Gasteiger partial charge is 0.242 e. The molecular weight excluding hydrogens is 523 g/mol. The van der Waals surface area contributed by atoms with E-state index in [2.05, 4.69) is 31.7 Å². The fraction of sp³-hybridized carbons (Fsp3) is 0.393. The first-order valence-corrected chi connectivity index (χ1v) is 13.7. The molecule has 0 atom stereocenters. The van der Waals surface area contributed by atoms with Crippen LogP contribution in [-0.2, 0) is 6.54 Å². The first-order valence-electron chi connectivity index (χ1n) is 13.0. The largest absolute Gasteiger partial charge is 0.492 e. The zero-order valence-electron chi connectivity index (χ0n) is 21.3. The van der Waals surface area contributed by atoms with Gasteiger partial charge in [-0.1, -0.05) is 23.2 Å². The summed E-state index contributed by atoms with van der Waals surface area (Å²) in [4.78, 5) is 16.4. The van der Waals surface area contributed by atoms with Crippen molar-refractivity contribution < 1.29 is 9.47 Å². The number of hydrogen-bond donors (Lipinski definition) is 1. The number of nitrogens with zero attached hydrogens (tertiary/aromatic N) is 5. The molecule has 198 valence electrons. The van der Waals surface area contributed by atoms with Gasteiger partial charge in [0.1, 0.15) is 23.8 Å². The highest BCUT2D eigenvalue weighted by Crippen LogP contribution is 2.41. The Bertz CT molecular complexity index is 1450. The first-order chi connectivity index (χ1) is 18.5. The van der Waals surface area contributed by atoms with E-state index in [-0.39, 0.29) is 5.60 Å². The van der Waals surface area contributed by atoms with Crippen LogP contribution in [0.3, 0.4) is 0 Å². The van der Waals surface area contributed by atoms with E-state index in [4.69, 9.17) is 37.7 Å². The average Bonchev–Trinajstić information content (AvgIpc) is 3.53. The molecule has 1 aliphatic heterocycles. The molecule has 1 aromatic carbocycles. The highest BCUT2D eigenvalue weighted by Gasteiger charge is 2.41. The maximum atomic E-state index is 6.84. The van der Waals surface area contributed by atoms with Crippen molar-refractivity contribution in [2.75, 3.05) is 39.3 Å². The van der Waals surface area contributed by atoms with Gasteiger partial charge in [0.25, 0.3) is 0 Å². The highest BCUT2D eigenvalue weighted by molar-refractivity contribution is 6.33. The van der Waals surface area contributed by atoms with Crippen molar-refractivity contribution in [2.24, 2.45) is 0 Å². The van der Waals surface area contributed by atoms with Crippen LogP contribution in [0.5, 0.6) is 11.6 Å². The number of ether oxygens (including phenoxy) is 2. The minimum Gasteiger partial charge on any atom is -0.492 e. The molecular formula is C28H30Cl2N6O2. The van der Waals surface area contributed by atoms with Crippen LogP contribution in [0.1, 0.15) is 25.5 Å². The van der Waals surface area contributed by atoms with Crippen molar-refractivity contribution in [3.8, 4) is 23.0 Å². The Morgan fingerprint density at radius 2 is 1.84 bits per heavy atom. The Labute approximate surface area is 231 Å². The van der Waals surface area contributed by atoms with Crippen molar-refractivity contribution in [1.29, 1.82) is 0 Å². The molecule has 1 aliphatic carbocycles. The summed E-state index contributed by atoms with van der Waals surface area (Å²) in [5.41, 5.74) is 3.02. The molecule has 8 nitrogen and oxygen atoms in total. The Balaban J connectivity index is 1.32. The predicted molar refractivity (Wildman–Crippen MR) is 149 cm³/mol. The van der Waals surface area contributed by atoms with Crippen LogP contribution in [0, 0.1) is 0 Å². The van der Waals surface area contributed by atoms with Crippen molar-refractivity contribution in [3.63, 3.8) is 0 Å². The molecule has 1 saturated carbocycles. The number of benzene rings is 1. The molecule has 4 aromatic rings. The number of aromatic nitrogens is 4. The highest BCUT2D eigenvalue weighted by atomic mass is 35.5. The van der Waals surface area contributed by atoms with E-state index < -0.39 is 0 Å². The summed E-state index contributed by atoms with van der Waals surface area (Å²) in [5, 5.41) is 4.56. The molecule has 0 radical (unpaired) electrons. The van der Waals surface area contributed by atoms with Gasteiger partial charge in [0, 0.05) is 55.7 Å². The third-order valence-electron chi connectivity index (χ3n) is 7.10. The summed E-state index contributed by atoms with van der Waals surface area (Å²) in [6.45, 7) is 8.19. The Kier molecular flexibility index (Phi) is 7.14. The molecule has 4 heterocycles. The van der Waals surface area contributed by atoms with E-state index in [1.165, 1.54) is 0 Å². The fourth-order valence-corrected chi connectivity index (χ4v) is 5.11. The summed E-state index contributed by atoms with van der Waals surface area (Å²) in [5.74, 6) is 1.98. The molecule has 3 aromatic heterocycles. The van der Waals surface area contributed by atoms with E-state index in [9.17, 15) is 0 Å². The molecule has 0 unspecified atom stereocenters.